The summed E-state index contributed by atoms with van der Waals surface area (Å²) in [5.41, 5.74) is 7.47. The minimum atomic E-state index is 0.575. The Labute approximate surface area is 186 Å². The highest BCUT2D eigenvalue weighted by Crippen LogP contribution is 2.43. The first-order valence-electron chi connectivity index (χ1n) is 11.1. The molecule has 1 aliphatic carbocycles. The molecule has 0 amide bonds. The monoisotopic (exact) mass is 419 g/mol. The van der Waals surface area contributed by atoms with E-state index in [1.54, 1.807) is 0 Å². The largest absolute Gasteiger partial charge is 0.461 e. The lowest BCUT2D eigenvalue weighted by molar-refractivity contribution is -0.660. The maximum absolute atomic E-state index is 9.89. The zero-order valence-corrected chi connectivity index (χ0v) is 18.2. The number of benzene rings is 2. The van der Waals surface area contributed by atoms with E-state index >= 15 is 0 Å². The minimum absolute atomic E-state index is 0.575. The second-order valence-corrected chi connectivity index (χ2v) is 8.68. The van der Waals surface area contributed by atoms with Crippen LogP contribution in [0.2, 0.25) is 0 Å². The van der Waals surface area contributed by atoms with Gasteiger partial charge in [-0.05, 0) is 61.6 Å². The van der Waals surface area contributed by atoms with E-state index in [4.69, 9.17) is 8.83 Å². The van der Waals surface area contributed by atoms with Crippen molar-refractivity contribution in [3.63, 3.8) is 0 Å². The van der Waals surface area contributed by atoms with E-state index in [0.717, 1.165) is 75.1 Å². The molecule has 0 fully saturated rings. The second-order valence-electron chi connectivity index (χ2n) is 8.68. The fraction of sp³-hybridized carbons (Fsp3) is 0.214. The average Bonchev–Trinajstić information content (AvgIpc) is 3.40. The van der Waals surface area contributed by atoms with Crippen molar-refractivity contribution in [2.24, 2.45) is 7.05 Å². The smallest absolute Gasteiger partial charge is 0.216 e. The highest BCUT2D eigenvalue weighted by Gasteiger charge is 2.25. The second kappa shape index (κ2) is 7.10. The van der Waals surface area contributed by atoms with Gasteiger partial charge in [0.2, 0.25) is 5.69 Å². The van der Waals surface area contributed by atoms with Crippen molar-refractivity contribution in [2.75, 3.05) is 0 Å². The molecule has 0 saturated heterocycles. The molecule has 0 radical (unpaired) electrons. The molecule has 0 unspecified atom stereocenters. The van der Waals surface area contributed by atoms with Crippen molar-refractivity contribution in [3.8, 4) is 28.7 Å². The number of nitriles is 1. The van der Waals surface area contributed by atoms with Crippen molar-refractivity contribution in [1.29, 1.82) is 5.26 Å². The van der Waals surface area contributed by atoms with Gasteiger partial charge in [0.1, 0.15) is 35.8 Å². The van der Waals surface area contributed by atoms with Crippen LogP contribution in [0, 0.1) is 18.3 Å². The molecule has 0 saturated carbocycles. The van der Waals surface area contributed by atoms with E-state index in [9.17, 15) is 5.26 Å². The summed E-state index contributed by atoms with van der Waals surface area (Å²) < 4.78 is 15.0. The zero-order valence-electron chi connectivity index (χ0n) is 18.2. The first kappa shape index (κ1) is 18.9. The molecular formula is C28H23N2O2+. The van der Waals surface area contributed by atoms with Crippen LogP contribution in [0.4, 0.5) is 0 Å². The van der Waals surface area contributed by atoms with Crippen LogP contribution in [0.5, 0.6) is 0 Å². The van der Waals surface area contributed by atoms with Crippen molar-refractivity contribution >= 4 is 21.9 Å². The van der Waals surface area contributed by atoms with Gasteiger partial charge >= 0.3 is 0 Å². The number of furan rings is 2. The van der Waals surface area contributed by atoms with E-state index in [1.165, 1.54) is 12.0 Å². The summed E-state index contributed by atoms with van der Waals surface area (Å²) in [6, 6.07) is 18.8. The number of rotatable bonds is 2. The van der Waals surface area contributed by atoms with E-state index in [0.29, 0.717) is 5.56 Å². The van der Waals surface area contributed by atoms with Crippen LogP contribution < -0.4 is 4.57 Å². The average molecular weight is 420 g/mol. The molecule has 3 heterocycles. The molecule has 2 aromatic carbocycles. The number of hydrogen-bond acceptors (Lipinski definition) is 3. The number of nitrogens with zero attached hydrogens (tertiary/aromatic N) is 2. The predicted octanol–water partition coefficient (Wildman–Crippen LogP) is 6.40. The summed E-state index contributed by atoms with van der Waals surface area (Å²) >= 11 is 0. The molecule has 4 heteroatoms. The normalized spacial score (nSPS) is 13.4. The van der Waals surface area contributed by atoms with Crippen LogP contribution in [0.1, 0.15) is 35.3 Å². The van der Waals surface area contributed by atoms with Gasteiger partial charge in [-0.1, -0.05) is 12.1 Å². The van der Waals surface area contributed by atoms with Gasteiger partial charge in [0, 0.05) is 29.3 Å². The van der Waals surface area contributed by atoms with Gasteiger partial charge in [0.25, 0.3) is 0 Å². The summed E-state index contributed by atoms with van der Waals surface area (Å²) in [6.45, 7) is 2.11. The third kappa shape index (κ3) is 2.71. The topological polar surface area (TPSA) is 54.0 Å². The minimum Gasteiger partial charge on any atom is -0.461 e. The van der Waals surface area contributed by atoms with Gasteiger partial charge in [-0.25, -0.2) is 4.57 Å². The molecule has 0 spiro atoms. The molecule has 6 rings (SSSR count). The Kier molecular flexibility index (Phi) is 4.19. The SMILES string of the molecule is Cc1ccc2c(oc3c(-c4cc5c(o4)CCCC5)c(C#N)ccc32)c1-c1cccc[n+]1C. The third-order valence-corrected chi connectivity index (χ3v) is 6.69. The molecule has 0 N–H and O–H groups in total. The molecule has 0 bridgehead atoms. The van der Waals surface area contributed by atoms with Gasteiger partial charge in [0.05, 0.1) is 16.7 Å². The molecule has 5 aromatic rings. The maximum Gasteiger partial charge on any atom is 0.216 e. The Bertz CT molecular complexity index is 1540. The summed E-state index contributed by atoms with van der Waals surface area (Å²) in [7, 11) is 2.04. The highest BCUT2D eigenvalue weighted by molar-refractivity contribution is 6.13. The van der Waals surface area contributed by atoms with Gasteiger partial charge < -0.3 is 8.83 Å². The molecular weight excluding hydrogens is 396 g/mol. The number of aromatic nitrogens is 1. The highest BCUT2D eigenvalue weighted by atomic mass is 16.4. The Hall–Kier alpha value is -3.84. The van der Waals surface area contributed by atoms with Crippen LogP contribution in [-0.2, 0) is 19.9 Å². The number of aryl methyl sites for hydroxylation is 4. The lowest BCUT2D eigenvalue weighted by Gasteiger charge is -2.07. The zero-order chi connectivity index (χ0) is 21.8. The standard InChI is InChI=1S/C28H23N2O2/c1-17-10-12-20-21-13-11-19(16-29)26(24-15-18-7-3-4-9-23(18)31-24)28(21)32-27(20)25(17)22-8-5-6-14-30(22)2/h5-6,8,10-15H,3-4,7,9H2,1-2H3/q+1. The van der Waals surface area contributed by atoms with Crippen LogP contribution in [-0.4, -0.2) is 0 Å². The van der Waals surface area contributed by atoms with E-state index in [1.807, 2.05) is 37.5 Å². The quantitative estimate of drug-likeness (QED) is 0.311. The van der Waals surface area contributed by atoms with Gasteiger partial charge in [-0.15, -0.1) is 0 Å². The molecule has 4 nitrogen and oxygen atoms in total. The maximum atomic E-state index is 9.89. The van der Waals surface area contributed by atoms with Crippen LogP contribution in [0.3, 0.4) is 0 Å². The van der Waals surface area contributed by atoms with Crippen molar-refractivity contribution in [2.45, 2.75) is 32.6 Å². The molecule has 156 valence electrons. The molecule has 32 heavy (non-hydrogen) atoms. The lowest BCUT2D eigenvalue weighted by atomic mass is 9.97. The molecule has 3 aromatic heterocycles. The predicted molar refractivity (Wildman–Crippen MR) is 124 cm³/mol. The number of hydrogen-bond donors (Lipinski definition) is 0. The Balaban J connectivity index is 1.69. The Morgan fingerprint density at radius 3 is 2.47 bits per heavy atom. The first-order chi connectivity index (χ1) is 15.7. The number of fused-ring (bicyclic) bond motifs is 4. The van der Waals surface area contributed by atoms with Gasteiger partial charge in [-0.2, -0.15) is 5.26 Å². The van der Waals surface area contributed by atoms with Crippen molar-refractivity contribution < 1.29 is 13.4 Å². The first-order valence-corrected chi connectivity index (χ1v) is 11.1. The van der Waals surface area contributed by atoms with Crippen molar-refractivity contribution in [3.05, 3.63) is 77.2 Å². The van der Waals surface area contributed by atoms with Crippen LogP contribution in [0.15, 0.2) is 63.6 Å². The summed E-state index contributed by atoms with van der Waals surface area (Å²) in [5.74, 6) is 1.79. The van der Waals surface area contributed by atoms with Crippen molar-refractivity contribution in [1.82, 2.24) is 0 Å². The fourth-order valence-electron chi connectivity index (χ4n) is 5.06. The molecule has 0 atom stereocenters. The van der Waals surface area contributed by atoms with E-state index in [-0.39, 0.29) is 0 Å². The Morgan fingerprint density at radius 2 is 1.69 bits per heavy atom. The Morgan fingerprint density at radius 1 is 0.906 bits per heavy atom. The summed E-state index contributed by atoms with van der Waals surface area (Å²) in [6.07, 6.45) is 6.37. The fourth-order valence-corrected chi connectivity index (χ4v) is 5.06. The lowest BCUT2D eigenvalue weighted by Crippen LogP contribution is -2.30. The summed E-state index contributed by atoms with van der Waals surface area (Å²) in [5, 5.41) is 11.9. The molecule has 1 aliphatic rings. The van der Waals surface area contributed by atoms with Crippen LogP contribution >= 0.6 is 0 Å². The third-order valence-electron chi connectivity index (χ3n) is 6.69. The van der Waals surface area contributed by atoms with E-state index < -0.39 is 0 Å². The van der Waals surface area contributed by atoms with Gasteiger partial charge in [0.15, 0.2) is 6.20 Å². The number of pyridine rings is 1. The van der Waals surface area contributed by atoms with Gasteiger partial charge in [-0.3, -0.25) is 0 Å². The summed E-state index contributed by atoms with van der Waals surface area (Å²) in [4.78, 5) is 0. The van der Waals surface area contributed by atoms with Crippen LogP contribution in [0.25, 0.3) is 44.5 Å². The van der Waals surface area contributed by atoms with E-state index in [2.05, 4.69) is 41.8 Å². The molecule has 0 aliphatic heterocycles.